The Morgan fingerprint density at radius 1 is 1.05 bits per heavy atom. The third-order valence-electron chi connectivity index (χ3n) is 3.34. The molecule has 0 aliphatic heterocycles. The van der Waals surface area contributed by atoms with Gasteiger partial charge in [-0.2, -0.15) is 0 Å². The summed E-state index contributed by atoms with van der Waals surface area (Å²) in [6.07, 6.45) is 0. The molecular formula is C17H14Cl2N2. The maximum absolute atomic E-state index is 6.19. The van der Waals surface area contributed by atoms with Gasteiger partial charge >= 0.3 is 0 Å². The van der Waals surface area contributed by atoms with Crippen LogP contribution in [-0.2, 0) is 6.54 Å². The van der Waals surface area contributed by atoms with Crippen molar-refractivity contribution in [2.45, 2.75) is 13.5 Å². The summed E-state index contributed by atoms with van der Waals surface area (Å²) in [5.41, 5.74) is 3.93. The Morgan fingerprint density at radius 2 is 1.90 bits per heavy atom. The van der Waals surface area contributed by atoms with Gasteiger partial charge in [0.05, 0.1) is 11.2 Å². The number of halogens is 2. The van der Waals surface area contributed by atoms with Crippen LogP contribution in [0.3, 0.4) is 0 Å². The molecule has 0 radical (unpaired) electrons. The highest BCUT2D eigenvalue weighted by atomic mass is 35.5. The summed E-state index contributed by atoms with van der Waals surface area (Å²) in [7, 11) is 0. The molecule has 3 aromatic rings. The summed E-state index contributed by atoms with van der Waals surface area (Å²) in [6, 6.07) is 15.7. The average molecular weight is 317 g/mol. The summed E-state index contributed by atoms with van der Waals surface area (Å²) < 4.78 is 0. The van der Waals surface area contributed by atoms with Crippen LogP contribution >= 0.6 is 23.2 Å². The van der Waals surface area contributed by atoms with Crippen molar-refractivity contribution >= 4 is 39.8 Å². The molecule has 106 valence electrons. The lowest BCUT2D eigenvalue weighted by atomic mass is 10.1. The summed E-state index contributed by atoms with van der Waals surface area (Å²) >= 11 is 12.2. The van der Waals surface area contributed by atoms with Gasteiger partial charge in [0.2, 0.25) is 0 Å². The van der Waals surface area contributed by atoms with Crippen LogP contribution in [0.15, 0.2) is 48.5 Å². The molecular weight excluding hydrogens is 303 g/mol. The topological polar surface area (TPSA) is 24.9 Å². The number of aromatic nitrogens is 1. The lowest BCUT2D eigenvalue weighted by Crippen LogP contribution is -2.01. The number of nitrogens with zero attached hydrogens (tertiary/aromatic N) is 1. The fraction of sp³-hybridized carbons (Fsp3) is 0.118. The number of rotatable bonds is 3. The lowest BCUT2D eigenvalue weighted by molar-refractivity contribution is 1.15. The van der Waals surface area contributed by atoms with E-state index in [1.54, 1.807) is 6.07 Å². The first-order valence-corrected chi connectivity index (χ1v) is 7.43. The van der Waals surface area contributed by atoms with Crippen molar-refractivity contribution in [3.05, 3.63) is 69.8 Å². The van der Waals surface area contributed by atoms with E-state index >= 15 is 0 Å². The van der Waals surface area contributed by atoms with E-state index in [1.165, 1.54) is 0 Å². The van der Waals surface area contributed by atoms with Gasteiger partial charge in [-0.05, 0) is 42.8 Å². The van der Waals surface area contributed by atoms with E-state index in [-0.39, 0.29) is 0 Å². The zero-order valence-corrected chi connectivity index (χ0v) is 13.0. The fourth-order valence-corrected chi connectivity index (χ4v) is 2.64. The second-order valence-corrected chi connectivity index (χ2v) is 5.76. The Morgan fingerprint density at radius 3 is 2.76 bits per heavy atom. The van der Waals surface area contributed by atoms with Gasteiger partial charge in [0.1, 0.15) is 0 Å². The second-order valence-electron chi connectivity index (χ2n) is 4.92. The Bertz CT molecular complexity index is 800. The van der Waals surface area contributed by atoms with Gasteiger partial charge in [-0.25, -0.2) is 0 Å². The van der Waals surface area contributed by atoms with E-state index in [0.29, 0.717) is 16.6 Å². The first-order valence-electron chi connectivity index (χ1n) is 6.68. The molecule has 1 heterocycles. The Kier molecular flexibility index (Phi) is 4.00. The zero-order chi connectivity index (χ0) is 14.8. The molecule has 0 spiro atoms. The first-order chi connectivity index (χ1) is 10.1. The molecule has 1 aromatic heterocycles. The van der Waals surface area contributed by atoms with Crippen LogP contribution in [0.4, 0.5) is 5.69 Å². The molecule has 3 rings (SSSR count). The van der Waals surface area contributed by atoms with Crippen LogP contribution in [-0.4, -0.2) is 4.98 Å². The number of pyridine rings is 1. The third kappa shape index (κ3) is 3.12. The summed E-state index contributed by atoms with van der Waals surface area (Å²) in [6.45, 7) is 2.60. The SMILES string of the molecule is Cc1ccc2cccc(NCc3cc(Cl)ccc3Cl)c2n1. The van der Waals surface area contributed by atoms with E-state index in [1.807, 2.05) is 37.3 Å². The molecule has 21 heavy (non-hydrogen) atoms. The highest BCUT2D eigenvalue weighted by molar-refractivity contribution is 6.33. The molecule has 2 aromatic carbocycles. The summed E-state index contributed by atoms with van der Waals surface area (Å²) in [5, 5.41) is 5.90. The number of hydrogen-bond donors (Lipinski definition) is 1. The fourth-order valence-electron chi connectivity index (χ4n) is 2.26. The zero-order valence-electron chi connectivity index (χ0n) is 11.5. The number of benzene rings is 2. The Hall–Kier alpha value is -1.77. The van der Waals surface area contributed by atoms with E-state index in [0.717, 1.165) is 27.8 Å². The average Bonchev–Trinajstić information content (AvgIpc) is 2.48. The quantitative estimate of drug-likeness (QED) is 0.693. The van der Waals surface area contributed by atoms with Gasteiger partial charge in [0, 0.05) is 27.7 Å². The van der Waals surface area contributed by atoms with E-state index in [2.05, 4.69) is 22.4 Å². The lowest BCUT2D eigenvalue weighted by Gasteiger charge is -2.11. The summed E-state index contributed by atoms with van der Waals surface area (Å²) in [5.74, 6) is 0. The molecule has 0 saturated heterocycles. The van der Waals surface area contributed by atoms with Crippen LogP contribution in [0.25, 0.3) is 10.9 Å². The van der Waals surface area contributed by atoms with Gasteiger partial charge in [-0.3, -0.25) is 4.98 Å². The normalized spacial score (nSPS) is 10.8. The molecule has 4 heteroatoms. The number of aryl methyl sites for hydroxylation is 1. The maximum atomic E-state index is 6.19. The Balaban J connectivity index is 1.91. The van der Waals surface area contributed by atoms with Crippen LogP contribution in [0, 0.1) is 6.92 Å². The van der Waals surface area contributed by atoms with E-state index < -0.39 is 0 Å². The van der Waals surface area contributed by atoms with Gasteiger partial charge in [-0.15, -0.1) is 0 Å². The largest absolute Gasteiger partial charge is 0.379 e. The molecule has 0 amide bonds. The van der Waals surface area contributed by atoms with Gasteiger partial charge in [0.25, 0.3) is 0 Å². The van der Waals surface area contributed by atoms with Crippen molar-refractivity contribution in [2.24, 2.45) is 0 Å². The minimum absolute atomic E-state index is 0.605. The van der Waals surface area contributed by atoms with Gasteiger partial charge < -0.3 is 5.32 Å². The van der Waals surface area contributed by atoms with Crippen molar-refractivity contribution < 1.29 is 0 Å². The molecule has 0 aliphatic rings. The smallest absolute Gasteiger partial charge is 0.0936 e. The Labute approximate surface area is 133 Å². The van der Waals surface area contributed by atoms with Crippen molar-refractivity contribution in [1.29, 1.82) is 0 Å². The van der Waals surface area contributed by atoms with Crippen LogP contribution in [0.2, 0.25) is 10.0 Å². The molecule has 0 bridgehead atoms. The summed E-state index contributed by atoms with van der Waals surface area (Å²) in [4.78, 5) is 4.61. The molecule has 0 saturated carbocycles. The maximum Gasteiger partial charge on any atom is 0.0936 e. The van der Waals surface area contributed by atoms with Crippen molar-refractivity contribution in [3.63, 3.8) is 0 Å². The number of nitrogens with one attached hydrogen (secondary N) is 1. The second kappa shape index (κ2) is 5.92. The number of anilines is 1. The van der Waals surface area contributed by atoms with Crippen LogP contribution in [0.1, 0.15) is 11.3 Å². The number of para-hydroxylation sites is 1. The molecule has 2 nitrogen and oxygen atoms in total. The van der Waals surface area contributed by atoms with Gasteiger partial charge in [-0.1, -0.05) is 41.4 Å². The van der Waals surface area contributed by atoms with E-state index in [4.69, 9.17) is 23.2 Å². The highest BCUT2D eigenvalue weighted by Gasteiger charge is 2.05. The number of hydrogen-bond acceptors (Lipinski definition) is 2. The third-order valence-corrected chi connectivity index (χ3v) is 3.94. The van der Waals surface area contributed by atoms with Crippen molar-refractivity contribution in [1.82, 2.24) is 4.98 Å². The highest BCUT2D eigenvalue weighted by Crippen LogP contribution is 2.25. The molecule has 0 atom stereocenters. The molecule has 0 unspecified atom stereocenters. The standard InChI is InChI=1S/C17H14Cl2N2/c1-11-5-6-12-3-2-4-16(17(12)21-11)20-10-13-9-14(18)7-8-15(13)19/h2-9,20H,10H2,1H3. The van der Waals surface area contributed by atoms with Crippen LogP contribution in [0.5, 0.6) is 0 Å². The minimum atomic E-state index is 0.605. The molecule has 0 fully saturated rings. The molecule has 0 aliphatic carbocycles. The van der Waals surface area contributed by atoms with E-state index in [9.17, 15) is 0 Å². The van der Waals surface area contributed by atoms with Crippen molar-refractivity contribution in [3.8, 4) is 0 Å². The van der Waals surface area contributed by atoms with Gasteiger partial charge in [0.15, 0.2) is 0 Å². The van der Waals surface area contributed by atoms with Crippen LogP contribution < -0.4 is 5.32 Å². The predicted molar refractivity (Wildman–Crippen MR) is 90.3 cm³/mol. The minimum Gasteiger partial charge on any atom is -0.379 e. The first kappa shape index (κ1) is 14.2. The molecule has 1 N–H and O–H groups in total. The van der Waals surface area contributed by atoms with Crippen molar-refractivity contribution in [2.75, 3.05) is 5.32 Å². The number of fused-ring (bicyclic) bond motifs is 1. The predicted octanol–water partition coefficient (Wildman–Crippen LogP) is 5.46. The monoisotopic (exact) mass is 316 g/mol.